The van der Waals surface area contributed by atoms with Crippen molar-refractivity contribution < 1.29 is 0 Å². The number of hydrogen-bond donors (Lipinski definition) is 0. The SMILES string of the molecule is CC1C2C=C2C12CC2. The highest BCUT2D eigenvalue weighted by atomic mass is 14.7. The van der Waals surface area contributed by atoms with E-state index >= 15 is 0 Å². The van der Waals surface area contributed by atoms with Crippen LogP contribution < -0.4 is 0 Å². The Morgan fingerprint density at radius 3 is 2.62 bits per heavy atom. The number of rotatable bonds is 0. The minimum absolute atomic E-state index is 0.824. The summed E-state index contributed by atoms with van der Waals surface area (Å²) in [5.74, 6) is 2.04. The van der Waals surface area contributed by atoms with Crippen LogP contribution in [0.4, 0.5) is 0 Å². The predicted molar refractivity (Wildman–Crippen MR) is 32.4 cm³/mol. The highest BCUT2D eigenvalue weighted by Crippen LogP contribution is 2.77. The van der Waals surface area contributed by atoms with Gasteiger partial charge >= 0.3 is 0 Å². The minimum atomic E-state index is 0.824. The smallest absolute Gasteiger partial charge is 0.00198 e. The number of fused-ring (bicyclic) bond motifs is 2. The molecule has 2 atom stereocenters. The summed E-state index contributed by atoms with van der Waals surface area (Å²) in [4.78, 5) is 0. The van der Waals surface area contributed by atoms with Crippen molar-refractivity contribution in [2.45, 2.75) is 19.8 Å². The molecule has 0 saturated heterocycles. The van der Waals surface area contributed by atoms with Crippen LogP contribution >= 0.6 is 0 Å². The standard InChI is InChI=1S/C8H10/c1-5-6-4-7(6)8(5)2-3-8/h4-6H,2-3H2,1H3. The maximum absolute atomic E-state index is 2.47. The van der Waals surface area contributed by atoms with Gasteiger partial charge in [-0.25, -0.2) is 0 Å². The average Bonchev–Trinajstić information content (AvgIpc) is 2.61. The van der Waals surface area contributed by atoms with Crippen LogP contribution in [0, 0.1) is 17.3 Å². The molecule has 0 heterocycles. The molecule has 8 heavy (non-hydrogen) atoms. The Bertz CT molecular complexity index is 184. The Balaban J connectivity index is 2.08. The van der Waals surface area contributed by atoms with Gasteiger partial charge in [0.15, 0.2) is 0 Å². The zero-order chi connectivity index (χ0) is 5.35. The molecule has 2 unspecified atom stereocenters. The van der Waals surface area contributed by atoms with Crippen molar-refractivity contribution in [1.82, 2.24) is 0 Å². The van der Waals surface area contributed by atoms with E-state index in [4.69, 9.17) is 0 Å². The van der Waals surface area contributed by atoms with E-state index < -0.39 is 0 Å². The highest BCUT2D eigenvalue weighted by Gasteiger charge is 2.67. The third-order valence-corrected chi connectivity index (χ3v) is 3.38. The van der Waals surface area contributed by atoms with Gasteiger partial charge < -0.3 is 0 Å². The van der Waals surface area contributed by atoms with E-state index in [9.17, 15) is 0 Å². The summed E-state index contributed by atoms with van der Waals surface area (Å²) in [6.45, 7) is 2.41. The average molecular weight is 106 g/mol. The van der Waals surface area contributed by atoms with Gasteiger partial charge in [-0.15, -0.1) is 0 Å². The van der Waals surface area contributed by atoms with Gasteiger partial charge in [0.25, 0.3) is 0 Å². The van der Waals surface area contributed by atoms with Crippen LogP contribution in [0.25, 0.3) is 0 Å². The largest absolute Gasteiger partial charge is 0.0766 e. The van der Waals surface area contributed by atoms with Gasteiger partial charge in [0.2, 0.25) is 0 Å². The van der Waals surface area contributed by atoms with Gasteiger partial charge in [0.05, 0.1) is 0 Å². The first-order valence-corrected chi connectivity index (χ1v) is 3.57. The summed E-state index contributed by atoms with van der Waals surface area (Å²) >= 11 is 0. The molecular weight excluding hydrogens is 96.1 g/mol. The molecule has 2 saturated carbocycles. The molecule has 0 amide bonds. The molecule has 2 fully saturated rings. The molecule has 0 bridgehead atoms. The van der Waals surface area contributed by atoms with Gasteiger partial charge in [0.1, 0.15) is 0 Å². The van der Waals surface area contributed by atoms with E-state index in [0.29, 0.717) is 0 Å². The van der Waals surface area contributed by atoms with Crippen LogP contribution in [0.3, 0.4) is 0 Å². The molecule has 3 rings (SSSR count). The van der Waals surface area contributed by atoms with Crippen LogP contribution in [0.2, 0.25) is 0 Å². The molecule has 0 radical (unpaired) electrons. The lowest BCUT2D eigenvalue weighted by atomic mass is 9.71. The Morgan fingerprint density at radius 2 is 2.38 bits per heavy atom. The lowest BCUT2D eigenvalue weighted by Crippen LogP contribution is -2.26. The quantitative estimate of drug-likeness (QED) is 0.414. The lowest BCUT2D eigenvalue weighted by Gasteiger charge is -2.32. The molecule has 3 aliphatic carbocycles. The number of allylic oxidation sites excluding steroid dienone is 2. The fourth-order valence-electron chi connectivity index (χ4n) is 2.45. The van der Waals surface area contributed by atoms with E-state index in [1.165, 1.54) is 12.8 Å². The van der Waals surface area contributed by atoms with Gasteiger partial charge in [-0.05, 0) is 24.2 Å². The molecule has 42 valence electrons. The molecule has 0 aromatic heterocycles. The topological polar surface area (TPSA) is 0 Å². The Kier molecular flexibility index (Phi) is 0.327. The molecule has 0 nitrogen and oxygen atoms in total. The van der Waals surface area contributed by atoms with Crippen LogP contribution in [-0.4, -0.2) is 0 Å². The third kappa shape index (κ3) is 0.180. The Hall–Kier alpha value is -0.260. The maximum atomic E-state index is 2.47. The molecule has 0 heteroatoms. The van der Waals surface area contributed by atoms with Crippen LogP contribution in [0.5, 0.6) is 0 Å². The van der Waals surface area contributed by atoms with E-state index in [1.807, 2.05) is 5.57 Å². The second kappa shape index (κ2) is 0.706. The van der Waals surface area contributed by atoms with Crippen molar-refractivity contribution in [3.8, 4) is 0 Å². The molecule has 3 aliphatic rings. The van der Waals surface area contributed by atoms with Gasteiger partial charge in [0, 0.05) is 5.92 Å². The Morgan fingerprint density at radius 1 is 1.62 bits per heavy atom. The monoisotopic (exact) mass is 106 g/mol. The Labute approximate surface area is 49.6 Å². The van der Waals surface area contributed by atoms with Crippen molar-refractivity contribution in [2.75, 3.05) is 0 Å². The predicted octanol–water partition coefficient (Wildman–Crippen LogP) is 1.97. The summed E-state index contributed by atoms with van der Waals surface area (Å²) in [7, 11) is 0. The van der Waals surface area contributed by atoms with Crippen LogP contribution in [-0.2, 0) is 0 Å². The van der Waals surface area contributed by atoms with Crippen molar-refractivity contribution in [3.63, 3.8) is 0 Å². The molecule has 0 aromatic rings. The van der Waals surface area contributed by atoms with Gasteiger partial charge in [-0.2, -0.15) is 0 Å². The van der Waals surface area contributed by atoms with Crippen molar-refractivity contribution in [1.29, 1.82) is 0 Å². The second-order valence-electron chi connectivity index (χ2n) is 3.59. The van der Waals surface area contributed by atoms with E-state index in [2.05, 4.69) is 13.0 Å². The molecule has 0 N–H and O–H groups in total. The highest BCUT2D eigenvalue weighted by molar-refractivity contribution is 5.51. The van der Waals surface area contributed by atoms with Crippen molar-refractivity contribution in [2.24, 2.45) is 17.3 Å². The van der Waals surface area contributed by atoms with Crippen LogP contribution in [0.15, 0.2) is 11.6 Å². The summed E-state index contributed by atoms with van der Waals surface area (Å²) in [6, 6.07) is 0. The van der Waals surface area contributed by atoms with Crippen LogP contribution in [0.1, 0.15) is 19.8 Å². The zero-order valence-corrected chi connectivity index (χ0v) is 5.15. The number of hydrogen-bond acceptors (Lipinski definition) is 0. The molecule has 1 spiro atoms. The van der Waals surface area contributed by atoms with Crippen molar-refractivity contribution >= 4 is 0 Å². The first-order valence-electron chi connectivity index (χ1n) is 3.57. The normalized spacial score (nSPS) is 51.9. The minimum Gasteiger partial charge on any atom is -0.0766 e. The van der Waals surface area contributed by atoms with E-state index in [-0.39, 0.29) is 0 Å². The molecule has 0 aliphatic heterocycles. The van der Waals surface area contributed by atoms with Gasteiger partial charge in [-0.1, -0.05) is 18.6 Å². The summed E-state index contributed by atoms with van der Waals surface area (Å²) < 4.78 is 0. The first kappa shape index (κ1) is 3.71. The lowest BCUT2D eigenvalue weighted by molar-refractivity contribution is 0.267. The van der Waals surface area contributed by atoms with Crippen molar-refractivity contribution in [3.05, 3.63) is 11.6 Å². The fourth-order valence-corrected chi connectivity index (χ4v) is 2.45. The fraction of sp³-hybridized carbons (Fsp3) is 0.750. The third-order valence-electron chi connectivity index (χ3n) is 3.38. The molecule has 0 aromatic carbocycles. The maximum Gasteiger partial charge on any atom is 0.00198 e. The summed E-state index contributed by atoms with van der Waals surface area (Å²) in [5.41, 5.74) is 2.65. The zero-order valence-electron chi connectivity index (χ0n) is 5.15. The summed E-state index contributed by atoms with van der Waals surface area (Å²) in [5, 5.41) is 0. The van der Waals surface area contributed by atoms with E-state index in [1.54, 1.807) is 0 Å². The first-order chi connectivity index (χ1) is 3.84. The second-order valence-corrected chi connectivity index (χ2v) is 3.59. The molecular formula is C8H10. The van der Waals surface area contributed by atoms with Gasteiger partial charge in [-0.3, -0.25) is 0 Å². The summed E-state index contributed by atoms with van der Waals surface area (Å²) in [6.07, 6.45) is 5.49. The van der Waals surface area contributed by atoms with E-state index in [0.717, 1.165) is 17.3 Å².